The molecule has 1 atom stereocenters. The summed E-state index contributed by atoms with van der Waals surface area (Å²) >= 11 is 1.37. The second kappa shape index (κ2) is 7.35. The maximum Gasteiger partial charge on any atom is 0.246 e. The quantitative estimate of drug-likeness (QED) is 0.800. The number of anilines is 3. The van der Waals surface area contributed by atoms with Crippen molar-refractivity contribution in [2.24, 2.45) is 0 Å². The van der Waals surface area contributed by atoms with Crippen LogP contribution in [0.3, 0.4) is 0 Å². The third-order valence-corrected chi connectivity index (χ3v) is 4.47. The second-order valence-corrected chi connectivity index (χ2v) is 6.40. The Morgan fingerprint density at radius 1 is 1.54 bits per heavy atom. The minimum Gasteiger partial charge on any atom is -0.348 e. The summed E-state index contributed by atoms with van der Waals surface area (Å²) in [5.41, 5.74) is 0.956. The number of hydrogen-bond acceptors (Lipinski definition) is 8. The summed E-state index contributed by atoms with van der Waals surface area (Å²) in [5, 5.41) is 15.3. The Labute approximate surface area is 144 Å². The van der Waals surface area contributed by atoms with Crippen LogP contribution in [0.5, 0.6) is 0 Å². The molecule has 9 heteroatoms. The zero-order valence-corrected chi connectivity index (χ0v) is 14.2. The summed E-state index contributed by atoms with van der Waals surface area (Å²) in [6.07, 6.45) is 4.80. The fourth-order valence-electron chi connectivity index (χ4n) is 2.58. The van der Waals surface area contributed by atoms with Crippen LogP contribution in [0.15, 0.2) is 24.9 Å². The van der Waals surface area contributed by atoms with Crippen molar-refractivity contribution in [1.29, 1.82) is 0 Å². The molecule has 126 valence electrons. The first kappa shape index (κ1) is 16.3. The number of amides is 1. The van der Waals surface area contributed by atoms with Gasteiger partial charge in [-0.05, 0) is 43.4 Å². The minimum atomic E-state index is -0.0449. The first-order valence-corrected chi connectivity index (χ1v) is 8.49. The van der Waals surface area contributed by atoms with Crippen LogP contribution in [0.1, 0.15) is 18.5 Å². The SMILES string of the molecule is C=CC(=O)N1CCCC(Nc2nncc(Nc3cc(C)ns3)n2)C1. The van der Waals surface area contributed by atoms with Gasteiger partial charge in [-0.3, -0.25) is 4.79 Å². The van der Waals surface area contributed by atoms with E-state index in [1.54, 1.807) is 11.1 Å². The van der Waals surface area contributed by atoms with Crippen molar-refractivity contribution in [1.82, 2.24) is 24.5 Å². The number of aromatic nitrogens is 4. The van der Waals surface area contributed by atoms with E-state index in [9.17, 15) is 4.79 Å². The minimum absolute atomic E-state index is 0.0449. The van der Waals surface area contributed by atoms with Gasteiger partial charge in [-0.1, -0.05) is 6.58 Å². The van der Waals surface area contributed by atoms with Crippen LogP contribution in [0.4, 0.5) is 16.8 Å². The standard InChI is InChI=1S/C15H19N7OS/c1-3-14(23)22-6-4-5-11(9-22)17-15-19-12(8-16-20-15)18-13-7-10(2)21-24-13/h3,7-8,11H,1,4-6,9H2,2H3,(H2,17,18,19,20). The Morgan fingerprint density at radius 3 is 3.17 bits per heavy atom. The van der Waals surface area contributed by atoms with E-state index in [1.807, 2.05) is 13.0 Å². The van der Waals surface area contributed by atoms with Crippen molar-refractivity contribution in [2.75, 3.05) is 23.7 Å². The summed E-state index contributed by atoms with van der Waals surface area (Å²) in [6.45, 7) is 6.85. The molecule has 0 aliphatic carbocycles. The number of likely N-dealkylation sites (tertiary alicyclic amines) is 1. The molecule has 0 bridgehead atoms. The summed E-state index contributed by atoms with van der Waals surface area (Å²) in [6, 6.07) is 2.05. The molecule has 2 aromatic rings. The van der Waals surface area contributed by atoms with Crippen molar-refractivity contribution >= 4 is 34.2 Å². The lowest BCUT2D eigenvalue weighted by molar-refractivity contribution is -0.127. The number of carbonyl (C=O) groups is 1. The van der Waals surface area contributed by atoms with Gasteiger partial charge in [0.1, 0.15) is 5.00 Å². The number of aryl methyl sites for hydroxylation is 1. The van der Waals surface area contributed by atoms with Gasteiger partial charge in [0.2, 0.25) is 11.9 Å². The van der Waals surface area contributed by atoms with E-state index in [4.69, 9.17) is 0 Å². The lowest BCUT2D eigenvalue weighted by atomic mass is 10.1. The van der Waals surface area contributed by atoms with E-state index in [0.29, 0.717) is 18.3 Å². The molecule has 24 heavy (non-hydrogen) atoms. The van der Waals surface area contributed by atoms with Gasteiger partial charge in [-0.15, -0.1) is 5.10 Å². The average Bonchev–Trinajstić information content (AvgIpc) is 2.99. The maximum atomic E-state index is 11.7. The molecule has 1 saturated heterocycles. The number of rotatable bonds is 5. The highest BCUT2D eigenvalue weighted by Crippen LogP contribution is 2.20. The Balaban J connectivity index is 1.63. The zero-order valence-electron chi connectivity index (χ0n) is 13.4. The van der Waals surface area contributed by atoms with Gasteiger partial charge in [0.15, 0.2) is 5.82 Å². The topological polar surface area (TPSA) is 95.9 Å². The first-order chi connectivity index (χ1) is 11.6. The molecule has 0 radical (unpaired) electrons. The Bertz CT molecular complexity index is 732. The molecule has 1 unspecified atom stereocenters. The number of nitrogens with one attached hydrogen (secondary N) is 2. The van der Waals surface area contributed by atoms with E-state index < -0.39 is 0 Å². The number of nitrogens with zero attached hydrogens (tertiary/aromatic N) is 5. The normalized spacial score (nSPS) is 17.4. The molecule has 3 heterocycles. The van der Waals surface area contributed by atoms with Crippen LogP contribution < -0.4 is 10.6 Å². The monoisotopic (exact) mass is 345 g/mol. The van der Waals surface area contributed by atoms with Crippen LogP contribution in [-0.4, -0.2) is 49.5 Å². The lowest BCUT2D eigenvalue weighted by Crippen LogP contribution is -2.44. The van der Waals surface area contributed by atoms with E-state index >= 15 is 0 Å². The molecule has 1 aliphatic rings. The Morgan fingerprint density at radius 2 is 2.42 bits per heavy atom. The first-order valence-electron chi connectivity index (χ1n) is 7.72. The highest BCUT2D eigenvalue weighted by atomic mass is 32.1. The third-order valence-electron chi connectivity index (χ3n) is 3.68. The molecular weight excluding hydrogens is 326 g/mol. The van der Waals surface area contributed by atoms with E-state index in [1.165, 1.54) is 17.6 Å². The van der Waals surface area contributed by atoms with Crippen LogP contribution in [-0.2, 0) is 4.79 Å². The molecule has 0 spiro atoms. The molecule has 0 aromatic carbocycles. The molecule has 1 amide bonds. The largest absolute Gasteiger partial charge is 0.348 e. The van der Waals surface area contributed by atoms with Crippen molar-refractivity contribution in [3.05, 3.63) is 30.6 Å². The van der Waals surface area contributed by atoms with Crippen LogP contribution in [0, 0.1) is 6.92 Å². The van der Waals surface area contributed by atoms with Crippen LogP contribution >= 0.6 is 11.5 Å². The summed E-state index contributed by atoms with van der Waals surface area (Å²) < 4.78 is 4.22. The van der Waals surface area contributed by atoms with Gasteiger partial charge in [-0.2, -0.15) is 14.5 Å². The predicted octanol–water partition coefficient (Wildman–Crippen LogP) is 1.97. The Kier molecular flexibility index (Phi) is 4.99. The fraction of sp³-hybridized carbons (Fsp3) is 0.400. The molecule has 2 N–H and O–H groups in total. The fourth-order valence-corrected chi connectivity index (χ4v) is 3.25. The number of carbonyl (C=O) groups excluding carboxylic acids is 1. The highest BCUT2D eigenvalue weighted by Gasteiger charge is 2.22. The molecule has 3 rings (SSSR count). The molecular formula is C15H19N7OS. The average molecular weight is 345 g/mol. The molecule has 1 aliphatic heterocycles. The van der Waals surface area contributed by atoms with Gasteiger partial charge in [0.05, 0.1) is 11.9 Å². The summed E-state index contributed by atoms with van der Waals surface area (Å²) in [7, 11) is 0. The van der Waals surface area contributed by atoms with Crippen molar-refractivity contribution in [3.8, 4) is 0 Å². The highest BCUT2D eigenvalue weighted by molar-refractivity contribution is 7.10. The smallest absolute Gasteiger partial charge is 0.246 e. The van der Waals surface area contributed by atoms with Gasteiger partial charge < -0.3 is 15.5 Å². The van der Waals surface area contributed by atoms with Crippen molar-refractivity contribution < 1.29 is 4.79 Å². The van der Waals surface area contributed by atoms with Gasteiger partial charge in [-0.25, -0.2) is 0 Å². The van der Waals surface area contributed by atoms with E-state index in [0.717, 1.165) is 30.1 Å². The third kappa shape index (κ3) is 4.05. The van der Waals surface area contributed by atoms with Gasteiger partial charge in [0.25, 0.3) is 0 Å². The van der Waals surface area contributed by atoms with Gasteiger partial charge in [0, 0.05) is 19.1 Å². The number of hydrogen-bond donors (Lipinski definition) is 2. The van der Waals surface area contributed by atoms with E-state index in [2.05, 4.69) is 36.8 Å². The van der Waals surface area contributed by atoms with Crippen molar-refractivity contribution in [3.63, 3.8) is 0 Å². The van der Waals surface area contributed by atoms with Gasteiger partial charge >= 0.3 is 0 Å². The number of piperidine rings is 1. The molecule has 2 aromatic heterocycles. The Hall–Kier alpha value is -2.55. The van der Waals surface area contributed by atoms with Crippen molar-refractivity contribution in [2.45, 2.75) is 25.8 Å². The summed E-state index contributed by atoms with van der Waals surface area (Å²) in [4.78, 5) is 17.9. The van der Waals surface area contributed by atoms with Crippen LogP contribution in [0.2, 0.25) is 0 Å². The zero-order chi connectivity index (χ0) is 16.9. The molecule has 1 fully saturated rings. The van der Waals surface area contributed by atoms with E-state index in [-0.39, 0.29) is 11.9 Å². The van der Waals surface area contributed by atoms with Crippen LogP contribution in [0.25, 0.3) is 0 Å². The lowest BCUT2D eigenvalue weighted by Gasteiger charge is -2.32. The molecule has 8 nitrogen and oxygen atoms in total. The maximum absolute atomic E-state index is 11.7. The predicted molar refractivity (Wildman–Crippen MR) is 93.4 cm³/mol. The second-order valence-electron chi connectivity index (χ2n) is 5.59. The molecule has 0 saturated carbocycles. The summed E-state index contributed by atoms with van der Waals surface area (Å²) in [5.74, 6) is 1.00.